The second kappa shape index (κ2) is 4.10. The number of aliphatic carboxylic acids is 1. The van der Waals surface area contributed by atoms with Gasteiger partial charge in [0.2, 0.25) is 0 Å². The zero-order chi connectivity index (χ0) is 11.7. The molecule has 0 atom stereocenters. The van der Waals surface area contributed by atoms with Crippen molar-refractivity contribution in [3.63, 3.8) is 0 Å². The molecule has 16 heavy (non-hydrogen) atoms. The quantitative estimate of drug-likeness (QED) is 0.800. The summed E-state index contributed by atoms with van der Waals surface area (Å²) in [6.07, 6.45) is 0. The Kier molecular flexibility index (Phi) is 2.79. The van der Waals surface area contributed by atoms with Crippen molar-refractivity contribution in [2.45, 2.75) is 13.8 Å². The van der Waals surface area contributed by atoms with Crippen molar-refractivity contribution in [2.24, 2.45) is 0 Å². The Hall–Kier alpha value is -1.61. The van der Waals surface area contributed by atoms with Gasteiger partial charge in [0.05, 0.1) is 0 Å². The number of hydrogen-bond donors (Lipinski definition) is 1. The Balaban J connectivity index is 2.56. The number of hydrogen-bond acceptors (Lipinski definition) is 2. The minimum atomic E-state index is -0.852. The van der Waals surface area contributed by atoms with Gasteiger partial charge in [0, 0.05) is 15.2 Å². The summed E-state index contributed by atoms with van der Waals surface area (Å²) in [5.74, 6) is -0.852. The fourth-order valence-electron chi connectivity index (χ4n) is 1.51. The smallest absolute Gasteiger partial charge is 0.331 e. The average Bonchev–Trinajstić information content (AvgIpc) is 2.70. The number of carbonyl (C=O) groups is 1. The molecule has 2 nitrogen and oxygen atoms in total. The van der Waals surface area contributed by atoms with Crippen molar-refractivity contribution in [3.8, 4) is 0 Å². The van der Waals surface area contributed by atoms with Gasteiger partial charge in [-0.2, -0.15) is 0 Å². The second-order valence-electron chi connectivity index (χ2n) is 3.70. The maximum Gasteiger partial charge on any atom is 0.331 e. The molecule has 1 aromatic heterocycles. The molecule has 0 fully saturated rings. The molecule has 3 heteroatoms. The predicted molar refractivity (Wildman–Crippen MR) is 67.7 cm³/mol. The SMILES string of the molecule is C/C(C(=O)O)=C(/C)c1cc2ccccc2s1. The van der Waals surface area contributed by atoms with Crippen LogP contribution in [-0.4, -0.2) is 11.1 Å². The van der Waals surface area contributed by atoms with E-state index in [-0.39, 0.29) is 0 Å². The maximum atomic E-state index is 10.9. The van der Waals surface area contributed by atoms with E-state index in [9.17, 15) is 4.79 Å². The summed E-state index contributed by atoms with van der Waals surface area (Å²) >= 11 is 1.63. The summed E-state index contributed by atoms with van der Waals surface area (Å²) in [6.45, 7) is 3.50. The lowest BCUT2D eigenvalue weighted by Gasteiger charge is -1.99. The molecule has 2 aromatic rings. The molecule has 1 N–H and O–H groups in total. The summed E-state index contributed by atoms with van der Waals surface area (Å²) in [5, 5.41) is 10.1. The Morgan fingerprint density at radius 2 is 1.94 bits per heavy atom. The minimum absolute atomic E-state index is 0.409. The van der Waals surface area contributed by atoms with Gasteiger partial charge >= 0.3 is 5.97 Å². The van der Waals surface area contributed by atoms with Crippen molar-refractivity contribution < 1.29 is 9.90 Å². The van der Waals surface area contributed by atoms with Gasteiger partial charge < -0.3 is 5.11 Å². The van der Waals surface area contributed by atoms with Gasteiger partial charge in [0.25, 0.3) is 0 Å². The summed E-state index contributed by atoms with van der Waals surface area (Å²) in [6, 6.07) is 10.1. The first-order valence-corrected chi connectivity index (χ1v) is 5.81. The van der Waals surface area contributed by atoms with Crippen LogP contribution in [0.2, 0.25) is 0 Å². The van der Waals surface area contributed by atoms with Crippen molar-refractivity contribution in [1.29, 1.82) is 0 Å². The number of allylic oxidation sites excluding steroid dienone is 1. The van der Waals surface area contributed by atoms with Crippen LogP contribution in [0.25, 0.3) is 15.7 Å². The van der Waals surface area contributed by atoms with Crippen LogP contribution in [0.15, 0.2) is 35.9 Å². The fourth-order valence-corrected chi connectivity index (χ4v) is 2.63. The van der Waals surface area contributed by atoms with E-state index in [1.807, 2.05) is 37.3 Å². The zero-order valence-electron chi connectivity index (χ0n) is 9.15. The molecule has 0 bridgehead atoms. The maximum absolute atomic E-state index is 10.9. The molecular formula is C13H12O2S. The largest absolute Gasteiger partial charge is 0.478 e. The summed E-state index contributed by atoms with van der Waals surface area (Å²) < 4.78 is 1.19. The van der Waals surface area contributed by atoms with Crippen LogP contribution in [0.1, 0.15) is 18.7 Å². The van der Waals surface area contributed by atoms with E-state index in [0.717, 1.165) is 10.5 Å². The summed E-state index contributed by atoms with van der Waals surface area (Å²) in [5.41, 5.74) is 1.25. The highest BCUT2D eigenvalue weighted by Crippen LogP contribution is 2.31. The highest BCUT2D eigenvalue weighted by molar-refractivity contribution is 7.20. The number of carboxylic acids is 1. The number of carboxylic acid groups (broad SMARTS) is 1. The van der Waals surface area contributed by atoms with E-state index in [4.69, 9.17) is 5.11 Å². The van der Waals surface area contributed by atoms with Gasteiger partial charge in [-0.05, 0) is 36.9 Å². The van der Waals surface area contributed by atoms with Crippen molar-refractivity contribution >= 4 is 33.0 Å². The van der Waals surface area contributed by atoms with Crippen LogP contribution >= 0.6 is 11.3 Å². The third-order valence-electron chi connectivity index (χ3n) is 2.68. The lowest BCUT2D eigenvalue weighted by molar-refractivity contribution is -0.132. The van der Waals surface area contributed by atoms with Crippen molar-refractivity contribution in [1.82, 2.24) is 0 Å². The standard InChI is InChI=1S/C13H12O2S/c1-8(9(2)13(14)15)12-7-10-5-3-4-6-11(10)16-12/h3-7H,1-2H3,(H,14,15)/b9-8+. The van der Waals surface area contributed by atoms with Gasteiger partial charge in [-0.15, -0.1) is 11.3 Å². The third-order valence-corrected chi connectivity index (χ3v) is 3.91. The van der Waals surface area contributed by atoms with Crippen molar-refractivity contribution in [3.05, 3.63) is 40.8 Å². The minimum Gasteiger partial charge on any atom is -0.478 e. The monoisotopic (exact) mass is 232 g/mol. The molecule has 0 aliphatic heterocycles. The molecular weight excluding hydrogens is 220 g/mol. The molecule has 0 spiro atoms. The fraction of sp³-hybridized carbons (Fsp3) is 0.154. The van der Waals surface area contributed by atoms with E-state index in [2.05, 4.69) is 0 Å². The molecule has 0 saturated carbocycles. The number of benzene rings is 1. The van der Waals surface area contributed by atoms with Gasteiger partial charge in [-0.25, -0.2) is 4.79 Å². The Bertz CT molecular complexity index is 545. The van der Waals surface area contributed by atoms with E-state index >= 15 is 0 Å². The third kappa shape index (κ3) is 1.86. The molecule has 0 aliphatic rings. The molecule has 2 rings (SSSR count). The van der Waals surface area contributed by atoms with Crippen LogP contribution in [0.4, 0.5) is 0 Å². The Morgan fingerprint density at radius 1 is 1.25 bits per heavy atom. The number of fused-ring (bicyclic) bond motifs is 1. The van der Waals surface area contributed by atoms with Crippen LogP contribution in [0, 0.1) is 0 Å². The number of thiophene rings is 1. The lowest BCUT2D eigenvalue weighted by atomic mass is 10.1. The summed E-state index contributed by atoms with van der Waals surface area (Å²) in [7, 11) is 0. The molecule has 0 aliphatic carbocycles. The van der Waals surface area contributed by atoms with E-state index in [0.29, 0.717) is 5.57 Å². The van der Waals surface area contributed by atoms with Gasteiger partial charge in [0.15, 0.2) is 0 Å². The molecule has 1 aromatic carbocycles. The molecule has 0 amide bonds. The van der Waals surface area contributed by atoms with Gasteiger partial charge in [-0.3, -0.25) is 0 Å². The second-order valence-corrected chi connectivity index (χ2v) is 4.79. The average molecular weight is 232 g/mol. The zero-order valence-corrected chi connectivity index (χ0v) is 9.97. The molecule has 0 unspecified atom stereocenters. The number of rotatable bonds is 2. The predicted octanol–water partition coefficient (Wildman–Crippen LogP) is 3.78. The molecule has 82 valence electrons. The van der Waals surface area contributed by atoms with Gasteiger partial charge in [-0.1, -0.05) is 18.2 Å². The summed E-state index contributed by atoms with van der Waals surface area (Å²) in [4.78, 5) is 11.9. The topological polar surface area (TPSA) is 37.3 Å². The van der Waals surface area contributed by atoms with Crippen molar-refractivity contribution in [2.75, 3.05) is 0 Å². The van der Waals surface area contributed by atoms with E-state index in [1.54, 1.807) is 18.3 Å². The van der Waals surface area contributed by atoms with Crippen LogP contribution in [0.3, 0.4) is 0 Å². The Morgan fingerprint density at radius 3 is 2.56 bits per heavy atom. The Labute approximate surface area is 97.8 Å². The van der Waals surface area contributed by atoms with E-state index in [1.165, 1.54) is 10.1 Å². The molecule has 0 radical (unpaired) electrons. The van der Waals surface area contributed by atoms with Crippen LogP contribution in [0.5, 0.6) is 0 Å². The van der Waals surface area contributed by atoms with Crippen LogP contribution < -0.4 is 0 Å². The normalized spacial score (nSPS) is 12.6. The lowest BCUT2D eigenvalue weighted by Crippen LogP contribution is -1.98. The van der Waals surface area contributed by atoms with Crippen LogP contribution in [-0.2, 0) is 4.79 Å². The van der Waals surface area contributed by atoms with Gasteiger partial charge in [0.1, 0.15) is 0 Å². The first-order chi connectivity index (χ1) is 7.59. The molecule has 1 heterocycles. The highest BCUT2D eigenvalue weighted by atomic mass is 32.1. The molecule has 0 saturated heterocycles. The first kappa shape index (κ1) is 10.9. The highest BCUT2D eigenvalue weighted by Gasteiger charge is 2.09. The first-order valence-electron chi connectivity index (χ1n) is 4.99. The van der Waals surface area contributed by atoms with E-state index < -0.39 is 5.97 Å².